The fraction of sp³-hybridized carbons (Fsp3) is 0.208. The van der Waals surface area contributed by atoms with Crippen LogP contribution in [0.2, 0.25) is 0 Å². The minimum Gasteiger partial charge on any atom is -0.503 e. The van der Waals surface area contributed by atoms with E-state index in [9.17, 15) is 14.7 Å². The standard InChI is InChI=1S/C24H22N2O4S/c1-13-8-5-6-11-18(13)26-20(16-9-7-10-17(12-16)30-4)19(22(28)24(26)29)21(27)23-14(2)25-15(3)31-23/h5-12,20,28H,1-4H3. The number of ketones is 1. The number of para-hydroxylation sites is 1. The summed E-state index contributed by atoms with van der Waals surface area (Å²) in [6.07, 6.45) is 0. The molecule has 0 spiro atoms. The zero-order chi connectivity index (χ0) is 22.3. The average Bonchev–Trinajstić information content (AvgIpc) is 3.23. The van der Waals surface area contributed by atoms with Crippen LogP contribution in [0, 0.1) is 20.8 Å². The van der Waals surface area contributed by atoms with Crippen LogP contribution in [-0.4, -0.2) is 28.9 Å². The van der Waals surface area contributed by atoms with Crippen LogP contribution in [0.15, 0.2) is 59.9 Å². The third-order valence-corrected chi connectivity index (χ3v) is 6.42. The molecule has 1 aliphatic rings. The van der Waals surface area contributed by atoms with Crippen LogP contribution in [0.5, 0.6) is 5.75 Å². The fourth-order valence-corrected chi connectivity index (χ4v) is 4.78. The van der Waals surface area contributed by atoms with Crippen LogP contribution in [0.3, 0.4) is 0 Å². The Hall–Kier alpha value is -3.45. The Kier molecular flexibility index (Phi) is 5.37. The van der Waals surface area contributed by atoms with E-state index in [2.05, 4.69) is 4.98 Å². The summed E-state index contributed by atoms with van der Waals surface area (Å²) in [5, 5.41) is 11.6. The number of benzene rings is 2. The number of amides is 1. The highest BCUT2D eigenvalue weighted by molar-refractivity contribution is 7.14. The molecule has 1 N–H and O–H groups in total. The van der Waals surface area contributed by atoms with Gasteiger partial charge in [0.15, 0.2) is 5.76 Å². The van der Waals surface area contributed by atoms with Crippen molar-refractivity contribution in [3.63, 3.8) is 0 Å². The highest BCUT2D eigenvalue weighted by Crippen LogP contribution is 2.44. The van der Waals surface area contributed by atoms with E-state index in [1.165, 1.54) is 16.2 Å². The number of thiazole rings is 1. The molecule has 3 aromatic rings. The number of carbonyl (C=O) groups excluding carboxylic acids is 2. The predicted molar refractivity (Wildman–Crippen MR) is 120 cm³/mol. The first-order chi connectivity index (χ1) is 14.8. The number of anilines is 1. The molecule has 0 saturated carbocycles. The van der Waals surface area contributed by atoms with Gasteiger partial charge in [-0.25, -0.2) is 4.98 Å². The maximum absolute atomic E-state index is 13.6. The number of hydrogen-bond donors (Lipinski definition) is 1. The molecule has 6 nitrogen and oxygen atoms in total. The maximum atomic E-state index is 13.6. The van der Waals surface area contributed by atoms with Gasteiger partial charge in [-0.3, -0.25) is 14.5 Å². The van der Waals surface area contributed by atoms with Crippen LogP contribution >= 0.6 is 11.3 Å². The summed E-state index contributed by atoms with van der Waals surface area (Å²) in [5.74, 6) is -0.938. The molecule has 2 aromatic carbocycles. The summed E-state index contributed by atoms with van der Waals surface area (Å²) in [4.78, 5) is 33.1. The second kappa shape index (κ2) is 8.00. The van der Waals surface area contributed by atoms with Crippen LogP contribution in [0.1, 0.15) is 37.5 Å². The quantitative estimate of drug-likeness (QED) is 0.580. The molecule has 1 aromatic heterocycles. The summed E-state index contributed by atoms with van der Waals surface area (Å²) in [6.45, 7) is 5.46. The van der Waals surface area contributed by atoms with Crippen LogP contribution in [0.4, 0.5) is 5.69 Å². The molecular weight excluding hydrogens is 412 g/mol. The minimum atomic E-state index is -0.794. The van der Waals surface area contributed by atoms with E-state index in [1.54, 1.807) is 32.2 Å². The Balaban J connectivity index is 1.93. The first-order valence-corrected chi connectivity index (χ1v) is 10.6. The van der Waals surface area contributed by atoms with Crippen molar-refractivity contribution in [2.45, 2.75) is 26.8 Å². The summed E-state index contributed by atoms with van der Waals surface area (Å²) in [7, 11) is 1.56. The topological polar surface area (TPSA) is 79.7 Å². The number of carbonyl (C=O) groups is 2. The number of aryl methyl sites for hydroxylation is 3. The highest BCUT2D eigenvalue weighted by atomic mass is 32.1. The molecule has 158 valence electrons. The van der Waals surface area contributed by atoms with Crippen molar-refractivity contribution in [1.82, 2.24) is 4.98 Å². The van der Waals surface area contributed by atoms with Gasteiger partial charge in [0.2, 0.25) is 5.78 Å². The molecule has 1 amide bonds. The first kappa shape index (κ1) is 20.8. The van der Waals surface area contributed by atoms with Crippen molar-refractivity contribution in [1.29, 1.82) is 0 Å². The van der Waals surface area contributed by atoms with Crippen LogP contribution < -0.4 is 9.64 Å². The summed E-state index contributed by atoms with van der Waals surface area (Å²) < 4.78 is 5.36. The SMILES string of the molecule is COc1cccc(C2C(C(=O)c3sc(C)nc3C)=C(O)C(=O)N2c2ccccc2C)c1. The van der Waals surface area contributed by atoms with Crippen molar-refractivity contribution in [2.75, 3.05) is 12.0 Å². The van der Waals surface area contributed by atoms with E-state index < -0.39 is 23.5 Å². The average molecular weight is 435 g/mol. The monoisotopic (exact) mass is 434 g/mol. The van der Waals surface area contributed by atoms with Gasteiger partial charge in [-0.15, -0.1) is 11.3 Å². The van der Waals surface area contributed by atoms with Gasteiger partial charge in [0, 0.05) is 5.69 Å². The zero-order valence-corrected chi connectivity index (χ0v) is 18.5. The lowest BCUT2D eigenvalue weighted by Crippen LogP contribution is -2.31. The second-order valence-corrected chi connectivity index (χ2v) is 8.58. The number of aliphatic hydroxyl groups excluding tert-OH is 1. The molecule has 1 atom stereocenters. The van der Waals surface area contributed by atoms with Crippen LogP contribution in [-0.2, 0) is 4.79 Å². The number of methoxy groups -OCH3 is 1. The Morgan fingerprint density at radius 3 is 2.52 bits per heavy atom. The fourth-order valence-electron chi connectivity index (χ4n) is 3.91. The lowest BCUT2D eigenvalue weighted by Gasteiger charge is -2.28. The third-order valence-electron chi connectivity index (χ3n) is 5.35. The third kappa shape index (κ3) is 3.51. The zero-order valence-electron chi connectivity index (χ0n) is 17.7. The molecular formula is C24H22N2O4S. The largest absolute Gasteiger partial charge is 0.503 e. The Bertz CT molecular complexity index is 1230. The number of rotatable bonds is 5. The summed E-state index contributed by atoms with van der Waals surface area (Å²) >= 11 is 1.26. The Morgan fingerprint density at radius 2 is 1.87 bits per heavy atom. The van der Waals surface area contributed by atoms with Crippen molar-refractivity contribution < 1.29 is 19.4 Å². The minimum absolute atomic E-state index is 0.0493. The molecule has 7 heteroatoms. The molecule has 0 aliphatic carbocycles. The molecule has 31 heavy (non-hydrogen) atoms. The van der Waals surface area contributed by atoms with Crippen molar-refractivity contribution >= 4 is 28.7 Å². The number of aliphatic hydroxyl groups is 1. The molecule has 2 heterocycles. The van der Waals surface area contributed by atoms with E-state index >= 15 is 0 Å². The van der Waals surface area contributed by atoms with E-state index in [-0.39, 0.29) is 5.57 Å². The maximum Gasteiger partial charge on any atom is 0.294 e. The van der Waals surface area contributed by atoms with Crippen molar-refractivity contribution in [3.05, 3.63) is 86.6 Å². The van der Waals surface area contributed by atoms with Gasteiger partial charge in [-0.1, -0.05) is 30.3 Å². The second-order valence-electron chi connectivity index (χ2n) is 7.38. The Labute approximate surface area is 184 Å². The molecule has 0 radical (unpaired) electrons. The molecule has 0 fully saturated rings. The van der Waals surface area contributed by atoms with Gasteiger partial charge in [0.25, 0.3) is 5.91 Å². The van der Waals surface area contributed by atoms with E-state index in [0.717, 1.165) is 10.6 Å². The number of hydrogen-bond acceptors (Lipinski definition) is 6. The molecule has 4 rings (SSSR count). The molecule has 0 saturated heterocycles. The van der Waals surface area contributed by atoms with Gasteiger partial charge in [-0.05, 0) is 50.1 Å². The van der Waals surface area contributed by atoms with Gasteiger partial charge in [0.05, 0.1) is 34.3 Å². The molecule has 0 bridgehead atoms. The number of aromatic nitrogens is 1. The van der Waals surface area contributed by atoms with Crippen molar-refractivity contribution in [2.24, 2.45) is 0 Å². The Morgan fingerprint density at radius 1 is 1.13 bits per heavy atom. The summed E-state index contributed by atoms with van der Waals surface area (Å²) in [5.41, 5.74) is 2.79. The van der Waals surface area contributed by atoms with Gasteiger partial charge < -0.3 is 9.84 Å². The van der Waals surface area contributed by atoms with Gasteiger partial charge in [0.1, 0.15) is 5.75 Å². The van der Waals surface area contributed by atoms with E-state index in [0.29, 0.717) is 27.6 Å². The lowest BCUT2D eigenvalue weighted by atomic mass is 9.94. The first-order valence-electron chi connectivity index (χ1n) is 9.78. The molecule has 1 unspecified atom stereocenters. The summed E-state index contributed by atoms with van der Waals surface area (Å²) in [6, 6.07) is 13.8. The number of nitrogens with zero attached hydrogens (tertiary/aromatic N) is 2. The van der Waals surface area contributed by atoms with Crippen molar-refractivity contribution in [3.8, 4) is 5.75 Å². The normalized spacial score (nSPS) is 16.2. The van der Waals surface area contributed by atoms with E-state index in [1.807, 2.05) is 44.2 Å². The van der Waals surface area contributed by atoms with Crippen LogP contribution in [0.25, 0.3) is 0 Å². The number of ether oxygens (including phenoxy) is 1. The molecule has 1 aliphatic heterocycles. The van der Waals surface area contributed by atoms with Gasteiger partial charge in [-0.2, -0.15) is 0 Å². The lowest BCUT2D eigenvalue weighted by molar-refractivity contribution is -0.117. The van der Waals surface area contributed by atoms with E-state index in [4.69, 9.17) is 4.74 Å². The highest BCUT2D eigenvalue weighted by Gasteiger charge is 2.45. The predicted octanol–water partition coefficient (Wildman–Crippen LogP) is 4.86. The smallest absolute Gasteiger partial charge is 0.294 e. The number of Topliss-reactive ketones (excluding diaryl/α,β-unsaturated/α-hetero) is 1. The van der Waals surface area contributed by atoms with Gasteiger partial charge >= 0.3 is 0 Å².